The molecule has 0 aliphatic heterocycles. The third-order valence-electron chi connectivity index (χ3n) is 3.44. The number of hydrogen-bond acceptors (Lipinski definition) is 5. The van der Waals surface area contributed by atoms with Gasteiger partial charge in [-0.25, -0.2) is 0 Å². The highest BCUT2D eigenvalue weighted by atomic mass is 32.2. The summed E-state index contributed by atoms with van der Waals surface area (Å²) in [4.78, 5) is 4.01. The van der Waals surface area contributed by atoms with E-state index in [2.05, 4.69) is 34.2 Å². The van der Waals surface area contributed by atoms with Crippen LogP contribution in [-0.2, 0) is 5.75 Å². The quantitative estimate of drug-likeness (QED) is 0.635. The molecule has 1 aromatic carbocycles. The van der Waals surface area contributed by atoms with Crippen LogP contribution in [0.25, 0.3) is 0 Å². The molecule has 5 heteroatoms. The fourth-order valence-corrected chi connectivity index (χ4v) is 3.01. The Morgan fingerprint density at radius 3 is 2.55 bits per heavy atom. The van der Waals surface area contributed by atoms with Crippen LogP contribution in [0.5, 0.6) is 0 Å². The molecule has 1 atom stereocenters. The lowest BCUT2D eigenvalue weighted by molar-refractivity contribution is 0.395. The summed E-state index contributed by atoms with van der Waals surface area (Å²) < 4.78 is 5.84. The smallest absolute Gasteiger partial charge is 0.276 e. The predicted molar refractivity (Wildman–Crippen MR) is 86.7 cm³/mol. The molecule has 0 fully saturated rings. The van der Waals surface area contributed by atoms with Crippen LogP contribution < -0.4 is 0 Å². The van der Waals surface area contributed by atoms with Gasteiger partial charge in [0.1, 0.15) is 0 Å². The molecule has 4 nitrogen and oxygen atoms in total. The van der Waals surface area contributed by atoms with Gasteiger partial charge in [-0.3, -0.25) is 4.98 Å². The second-order valence-corrected chi connectivity index (χ2v) is 5.85. The van der Waals surface area contributed by atoms with Crippen LogP contribution in [0.2, 0.25) is 0 Å². The molecular weight excluding hydrogens is 294 g/mol. The van der Waals surface area contributed by atoms with Gasteiger partial charge in [0.05, 0.1) is 5.92 Å². The highest BCUT2D eigenvalue weighted by Crippen LogP contribution is 2.29. The Labute approximate surface area is 134 Å². The van der Waals surface area contributed by atoms with Gasteiger partial charge in [0.2, 0.25) is 5.89 Å². The summed E-state index contributed by atoms with van der Waals surface area (Å²) in [5.41, 5.74) is 2.40. The fraction of sp³-hybridized carbons (Fsp3) is 0.235. The Kier molecular flexibility index (Phi) is 4.85. The van der Waals surface area contributed by atoms with Crippen molar-refractivity contribution < 1.29 is 4.42 Å². The SMILES string of the molecule is CCC(c1ccccc1)c1nnc(SCc2ccncc2)o1. The summed E-state index contributed by atoms with van der Waals surface area (Å²) in [5.74, 6) is 1.64. The number of rotatable bonds is 6. The summed E-state index contributed by atoms with van der Waals surface area (Å²) in [6.07, 6.45) is 4.51. The zero-order valence-electron chi connectivity index (χ0n) is 12.3. The van der Waals surface area contributed by atoms with E-state index in [1.807, 2.05) is 30.3 Å². The Hall–Kier alpha value is -2.14. The largest absolute Gasteiger partial charge is 0.415 e. The number of nitrogens with zero attached hydrogens (tertiary/aromatic N) is 3. The lowest BCUT2D eigenvalue weighted by Crippen LogP contribution is -1.99. The van der Waals surface area contributed by atoms with Crippen molar-refractivity contribution in [3.05, 3.63) is 71.9 Å². The van der Waals surface area contributed by atoms with Gasteiger partial charge < -0.3 is 4.42 Å². The van der Waals surface area contributed by atoms with Crippen molar-refractivity contribution in [2.75, 3.05) is 0 Å². The number of aromatic nitrogens is 3. The molecule has 2 heterocycles. The molecule has 3 aromatic rings. The van der Waals surface area contributed by atoms with Crippen LogP contribution in [0.1, 0.15) is 36.3 Å². The minimum absolute atomic E-state index is 0.156. The highest BCUT2D eigenvalue weighted by molar-refractivity contribution is 7.98. The molecule has 0 aliphatic carbocycles. The molecule has 0 aliphatic rings. The molecule has 2 aromatic heterocycles. The first kappa shape index (κ1) is 14.8. The monoisotopic (exact) mass is 311 g/mol. The second kappa shape index (κ2) is 7.22. The van der Waals surface area contributed by atoms with E-state index in [0.29, 0.717) is 11.1 Å². The van der Waals surface area contributed by atoms with Crippen molar-refractivity contribution in [1.82, 2.24) is 15.2 Å². The molecule has 0 amide bonds. The summed E-state index contributed by atoms with van der Waals surface area (Å²) in [6.45, 7) is 2.13. The van der Waals surface area contributed by atoms with Crippen LogP contribution in [-0.4, -0.2) is 15.2 Å². The molecular formula is C17H17N3OS. The average molecular weight is 311 g/mol. The van der Waals surface area contributed by atoms with Crippen LogP contribution in [0, 0.1) is 0 Å². The second-order valence-electron chi connectivity index (χ2n) is 4.92. The third kappa shape index (κ3) is 3.54. The van der Waals surface area contributed by atoms with E-state index in [4.69, 9.17) is 4.42 Å². The van der Waals surface area contributed by atoms with E-state index in [0.717, 1.165) is 12.2 Å². The van der Waals surface area contributed by atoms with Gasteiger partial charge in [-0.15, -0.1) is 10.2 Å². The van der Waals surface area contributed by atoms with Crippen molar-refractivity contribution in [2.24, 2.45) is 0 Å². The Balaban J connectivity index is 1.70. The molecule has 3 rings (SSSR count). The summed E-state index contributed by atoms with van der Waals surface area (Å²) in [7, 11) is 0. The standard InChI is InChI=1S/C17H17N3OS/c1-2-15(14-6-4-3-5-7-14)16-19-20-17(21-16)22-12-13-8-10-18-11-9-13/h3-11,15H,2,12H2,1H3. The van der Waals surface area contributed by atoms with E-state index < -0.39 is 0 Å². The maximum absolute atomic E-state index is 5.84. The lowest BCUT2D eigenvalue weighted by atomic mass is 9.97. The maximum atomic E-state index is 5.84. The van der Waals surface area contributed by atoms with Crippen molar-refractivity contribution >= 4 is 11.8 Å². The minimum Gasteiger partial charge on any atom is -0.415 e. The van der Waals surface area contributed by atoms with Crippen molar-refractivity contribution in [3.8, 4) is 0 Å². The maximum Gasteiger partial charge on any atom is 0.276 e. The van der Waals surface area contributed by atoms with E-state index in [9.17, 15) is 0 Å². The molecule has 22 heavy (non-hydrogen) atoms. The number of pyridine rings is 1. The first-order valence-corrected chi connectivity index (χ1v) is 8.25. The third-order valence-corrected chi connectivity index (χ3v) is 4.33. The molecule has 0 bridgehead atoms. The minimum atomic E-state index is 0.156. The van der Waals surface area contributed by atoms with Gasteiger partial charge in [-0.05, 0) is 29.7 Å². The summed E-state index contributed by atoms with van der Waals surface area (Å²) >= 11 is 1.55. The van der Waals surface area contributed by atoms with E-state index in [-0.39, 0.29) is 5.92 Å². The zero-order chi connectivity index (χ0) is 15.2. The Bertz CT molecular complexity index is 700. The van der Waals surface area contributed by atoms with Crippen LogP contribution in [0.15, 0.2) is 64.5 Å². The molecule has 1 unspecified atom stereocenters. The van der Waals surface area contributed by atoms with Gasteiger partial charge in [-0.2, -0.15) is 0 Å². The van der Waals surface area contributed by atoms with Crippen LogP contribution >= 0.6 is 11.8 Å². The molecule has 0 N–H and O–H groups in total. The van der Waals surface area contributed by atoms with E-state index in [1.165, 1.54) is 11.1 Å². The molecule has 0 spiro atoms. The van der Waals surface area contributed by atoms with Gasteiger partial charge in [0.15, 0.2) is 0 Å². The number of benzene rings is 1. The molecule has 0 radical (unpaired) electrons. The zero-order valence-corrected chi connectivity index (χ0v) is 13.2. The van der Waals surface area contributed by atoms with Crippen LogP contribution in [0.4, 0.5) is 0 Å². The Morgan fingerprint density at radius 2 is 1.82 bits per heavy atom. The molecule has 0 saturated carbocycles. The molecule has 112 valence electrons. The average Bonchev–Trinajstić information content (AvgIpc) is 3.04. The van der Waals surface area contributed by atoms with E-state index >= 15 is 0 Å². The number of hydrogen-bond donors (Lipinski definition) is 0. The van der Waals surface area contributed by atoms with Gasteiger partial charge in [-0.1, -0.05) is 49.0 Å². The fourth-order valence-electron chi connectivity index (χ4n) is 2.28. The first-order chi connectivity index (χ1) is 10.9. The van der Waals surface area contributed by atoms with Crippen molar-refractivity contribution in [1.29, 1.82) is 0 Å². The first-order valence-electron chi connectivity index (χ1n) is 7.27. The topological polar surface area (TPSA) is 51.8 Å². The van der Waals surface area contributed by atoms with Crippen LogP contribution in [0.3, 0.4) is 0 Å². The predicted octanol–water partition coefficient (Wildman–Crippen LogP) is 4.30. The van der Waals surface area contributed by atoms with Gasteiger partial charge >= 0.3 is 0 Å². The van der Waals surface area contributed by atoms with Gasteiger partial charge in [0.25, 0.3) is 5.22 Å². The number of thioether (sulfide) groups is 1. The van der Waals surface area contributed by atoms with Crippen molar-refractivity contribution in [2.45, 2.75) is 30.2 Å². The van der Waals surface area contributed by atoms with Gasteiger partial charge in [0, 0.05) is 18.1 Å². The Morgan fingerprint density at radius 1 is 1.05 bits per heavy atom. The molecule has 0 saturated heterocycles. The summed E-state index contributed by atoms with van der Waals surface area (Å²) in [6, 6.07) is 14.3. The highest BCUT2D eigenvalue weighted by Gasteiger charge is 2.19. The van der Waals surface area contributed by atoms with E-state index in [1.54, 1.807) is 24.2 Å². The normalized spacial score (nSPS) is 12.2. The van der Waals surface area contributed by atoms with Crippen molar-refractivity contribution in [3.63, 3.8) is 0 Å². The lowest BCUT2D eigenvalue weighted by Gasteiger charge is -2.10. The summed E-state index contributed by atoms with van der Waals surface area (Å²) in [5, 5.41) is 8.99.